The minimum atomic E-state index is -4.64. The van der Waals surface area contributed by atoms with Gasteiger partial charge in [0.1, 0.15) is 0 Å². The molecule has 2 N–H and O–H groups in total. The van der Waals surface area contributed by atoms with E-state index in [1.165, 1.54) is 13.8 Å². The SMILES string of the molecule is CC[C@@]1(C(=O)O)OS(=O)(=O)O[C@@]1(CC)C(=O)O. The van der Waals surface area contributed by atoms with Crippen LogP contribution < -0.4 is 0 Å². The Balaban J connectivity index is 3.54. The van der Waals surface area contributed by atoms with Crippen LogP contribution in [0.1, 0.15) is 26.7 Å². The van der Waals surface area contributed by atoms with Crippen LogP contribution in [0.2, 0.25) is 0 Å². The number of hydrogen-bond donors (Lipinski definition) is 2. The third kappa shape index (κ3) is 1.70. The Morgan fingerprint density at radius 1 is 1.00 bits per heavy atom. The summed E-state index contributed by atoms with van der Waals surface area (Å²) in [6, 6.07) is 0. The molecule has 0 saturated carbocycles. The second-order valence-electron chi connectivity index (χ2n) is 3.55. The molecule has 8 nitrogen and oxygen atoms in total. The number of carboxylic acids is 2. The molecule has 0 spiro atoms. The number of carbonyl (C=O) groups is 2. The summed E-state index contributed by atoms with van der Waals surface area (Å²) in [5.74, 6) is -3.38. The van der Waals surface area contributed by atoms with Crippen LogP contribution in [0.15, 0.2) is 0 Å². The molecule has 0 aromatic carbocycles. The van der Waals surface area contributed by atoms with Crippen molar-refractivity contribution in [1.29, 1.82) is 0 Å². The maximum absolute atomic E-state index is 11.2. The van der Waals surface area contributed by atoms with E-state index in [0.29, 0.717) is 0 Å². The molecule has 1 heterocycles. The molecular formula is C8H12O8S. The van der Waals surface area contributed by atoms with E-state index in [0.717, 1.165) is 0 Å². The molecule has 0 aromatic heterocycles. The normalized spacial score (nSPS) is 35.6. The summed E-state index contributed by atoms with van der Waals surface area (Å²) in [4.78, 5) is 22.4. The van der Waals surface area contributed by atoms with Gasteiger partial charge in [-0.05, 0) is 12.8 Å². The molecule has 9 heteroatoms. The summed E-state index contributed by atoms with van der Waals surface area (Å²) < 4.78 is 31.2. The molecule has 1 saturated heterocycles. The van der Waals surface area contributed by atoms with Gasteiger partial charge in [0.05, 0.1) is 0 Å². The van der Waals surface area contributed by atoms with E-state index >= 15 is 0 Å². The summed E-state index contributed by atoms with van der Waals surface area (Å²) in [6.07, 6.45) is -0.719. The molecule has 0 aliphatic carbocycles. The zero-order valence-electron chi connectivity index (χ0n) is 9.17. The number of carboxylic acid groups (broad SMARTS) is 2. The van der Waals surface area contributed by atoms with Crippen molar-refractivity contribution in [2.24, 2.45) is 0 Å². The van der Waals surface area contributed by atoms with Crippen molar-refractivity contribution in [1.82, 2.24) is 0 Å². The van der Waals surface area contributed by atoms with Crippen molar-refractivity contribution in [3.05, 3.63) is 0 Å². The minimum Gasteiger partial charge on any atom is -0.479 e. The van der Waals surface area contributed by atoms with E-state index in [1.807, 2.05) is 0 Å². The quantitative estimate of drug-likeness (QED) is 0.714. The zero-order valence-corrected chi connectivity index (χ0v) is 9.98. The highest BCUT2D eigenvalue weighted by Gasteiger charge is 2.71. The van der Waals surface area contributed by atoms with Crippen molar-refractivity contribution in [2.45, 2.75) is 37.9 Å². The maximum atomic E-state index is 11.2. The fourth-order valence-electron chi connectivity index (χ4n) is 1.91. The average molecular weight is 268 g/mol. The molecule has 1 aliphatic heterocycles. The van der Waals surface area contributed by atoms with Gasteiger partial charge >= 0.3 is 22.3 Å². The lowest BCUT2D eigenvalue weighted by Gasteiger charge is -2.32. The largest absolute Gasteiger partial charge is 0.479 e. The molecule has 0 radical (unpaired) electrons. The Kier molecular flexibility index (Phi) is 3.21. The predicted octanol–water partition coefficient (Wildman–Crippen LogP) is -0.255. The van der Waals surface area contributed by atoms with Gasteiger partial charge in [-0.15, -0.1) is 0 Å². The van der Waals surface area contributed by atoms with Crippen LogP contribution in [0.25, 0.3) is 0 Å². The third-order valence-electron chi connectivity index (χ3n) is 2.83. The fraction of sp³-hybridized carbons (Fsp3) is 0.750. The minimum absolute atomic E-state index is 0.359. The van der Waals surface area contributed by atoms with Gasteiger partial charge in [0, 0.05) is 0 Å². The molecule has 17 heavy (non-hydrogen) atoms. The second kappa shape index (κ2) is 3.93. The lowest BCUT2D eigenvalue weighted by molar-refractivity contribution is -0.182. The molecule has 1 rings (SSSR count). The van der Waals surface area contributed by atoms with E-state index in [4.69, 9.17) is 10.2 Å². The lowest BCUT2D eigenvalue weighted by Crippen LogP contribution is -2.61. The standard InChI is InChI=1S/C8H12O8S/c1-3-7(5(9)10)8(4-2,6(11)12)16-17(13,14)15-7/h3-4H2,1-2H3,(H,9,10)(H,11,12)/t7-,8-/m0/s1. The van der Waals surface area contributed by atoms with Crippen LogP contribution in [-0.4, -0.2) is 41.8 Å². The van der Waals surface area contributed by atoms with Crippen LogP contribution in [0.4, 0.5) is 0 Å². The van der Waals surface area contributed by atoms with Crippen molar-refractivity contribution in [2.75, 3.05) is 0 Å². The summed E-state index contributed by atoms with van der Waals surface area (Å²) >= 11 is 0. The van der Waals surface area contributed by atoms with E-state index in [2.05, 4.69) is 8.37 Å². The average Bonchev–Trinajstić information content (AvgIpc) is 2.47. The summed E-state index contributed by atoms with van der Waals surface area (Å²) in [6.45, 7) is 2.62. The Morgan fingerprint density at radius 3 is 1.47 bits per heavy atom. The molecule has 2 atom stereocenters. The van der Waals surface area contributed by atoms with Crippen LogP contribution in [0, 0.1) is 0 Å². The topological polar surface area (TPSA) is 127 Å². The van der Waals surface area contributed by atoms with E-state index < -0.39 is 33.5 Å². The molecular weight excluding hydrogens is 256 g/mol. The highest BCUT2D eigenvalue weighted by Crippen LogP contribution is 2.45. The van der Waals surface area contributed by atoms with Gasteiger partial charge in [0.15, 0.2) is 0 Å². The Labute approximate surface area is 97.5 Å². The van der Waals surface area contributed by atoms with Crippen molar-refractivity contribution in [3.63, 3.8) is 0 Å². The monoisotopic (exact) mass is 268 g/mol. The summed E-state index contributed by atoms with van der Waals surface area (Å²) in [7, 11) is -4.64. The van der Waals surface area contributed by atoms with Gasteiger partial charge in [0.2, 0.25) is 11.2 Å². The third-order valence-corrected chi connectivity index (χ3v) is 3.80. The maximum Gasteiger partial charge on any atom is 0.402 e. The Bertz CT molecular complexity index is 418. The van der Waals surface area contributed by atoms with Crippen molar-refractivity contribution in [3.8, 4) is 0 Å². The Morgan fingerprint density at radius 2 is 1.29 bits per heavy atom. The highest BCUT2D eigenvalue weighted by atomic mass is 32.3. The molecule has 98 valence electrons. The van der Waals surface area contributed by atoms with Gasteiger partial charge in [-0.1, -0.05) is 13.8 Å². The molecule has 0 bridgehead atoms. The first-order valence-electron chi connectivity index (χ1n) is 4.80. The van der Waals surface area contributed by atoms with Crippen LogP contribution in [-0.2, 0) is 28.4 Å². The van der Waals surface area contributed by atoms with Crippen LogP contribution in [0.5, 0.6) is 0 Å². The van der Waals surface area contributed by atoms with Crippen molar-refractivity contribution < 1.29 is 36.6 Å². The summed E-state index contributed by atoms with van der Waals surface area (Å²) in [5.41, 5.74) is -4.88. The second-order valence-corrected chi connectivity index (χ2v) is 4.70. The highest BCUT2D eigenvalue weighted by molar-refractivity contribution is 7.82. The molecule has 0 amide bonds. The van der Waals surface area contributed by atoms with Gasteiger partial charge < -0.3 is 10.2 Å². The van der Waals surface area contributed by atoms with Crippen LogP contribution >= 0.6 is 0 Å². The molecule has 1 fully saturated rings. The van der Waals surface area contributed by atoms with Gasteiger partial charge in [0.25, 0.3) is 0 Å². The number of aliphatic carboxylic acids is 2. The first-order chi connectivity index (χ1) is 7.67. The van der Waals surface area contributed by atoms with Gasteiger partial charge in [-0.2, -0.15) is 8.42 Å². The Hall–Kier alpha value is -1.19. The van der Waals surface area contributed by atoms with E-state index in [1.54, 1.807) is 0 Å². The smallest absolute Gasteiger partial charge is 0.402 e. The zero-order chi connectivity index (χ0) is 13.5. The first kappa shape index (κ1) is 13.9. The number of rotatable bonds is 4. The fourth-order valence-corrected chi connectivity index (χ4v) is 3.29. The van der Waals surface area contributed by atoms with E-state index in [-0.39, 0.29) is 12.8 Å². The lowest BCUT2D eigenvalue weighted by atomic mass is 9.79. The summed E-state index contributed by atoms with van der Waals surface area (Å²) in [5, 5.41) is 18.2. The van der Waals surface area contributed by atoms with E-state index in [9.17, 15) is 18.0 Å². The van der Waals surface area contributed by atoms with Gasteiger partial charge in [-0.25, -0.2) is 18.0 Å². The van der Waals surface area contributed by atoms with Gasteiger partial charge in [-0.3, -0.25) is 0 Å². The first-order valence-corrected chi connectivity index (χ1v) is 6.14. The molecule has 1 aliphatic rings. The molecule has 0 aromatic rings. The van der Waals surface area contributed by atoms with Crippen molar-refractivity contribution >= 4 is 22.3 Å². The van der Waals surface area contributed by atoms with Crippen LogP contribution in [0.3, 0.4) is 0 Å². The predicted molar refractivity (Wildman–Crippen MR) is 52.4 cm³/mol. The number of hydrogen-bond acceptors (Lipinski definition) is 6. The molecule has 0 unspecified atom stereocenters.